The monoisotopic (exact) mass is 247 g/mol. The molecule has 7 heteroatoms. The molecule has 0 unspecified atom stereocenters. The van der Waals surface area contributed by atoms with Crippen molar-refractivity contribution in [1.82, 2.24) is 9.88 Å². The Bertz CT molecular complexity index is 387. The van der Waals surface area contributed by atoms with Gasteiger partial charge >= 0.3 is 0 Å². The van der Waals surface area contributed by atoms with E-state index in [1.54, 1.807) is 0 Å². The number of carbonyl (C=O) groups is 1. The minimum Gasteiger partial charge on any atom is -0.332 e. The summed E-state index contributed by atoms with van der Waals surface area (Å²) in [6.07, 6.45) is -0.606. The maximum Gasteiger partial charge on any atom is 0.257 e. The first kappa shape index (κ1) is 13.4. The van der Waals surface area contributed by atoms with Crippen LogP contribution in [0.5, 0.6) is 0 Å². The summed E-state index contributed by atoms with van der Waals surface area (Å²) >= 11 is 0. The molecule has 0 saturated heterocycles. The molecule has 0 aliphatic heterocycles. The first-order valence-electron chi connectivity index (χ1n) is 4.93. The van der Waals surface area contributed by atoms with E-state index in [0.717, 1.165) is 17.2 Å². The average molecular weight is 247 g/mol. The molecule has 0 aliphatic carbocycles. The van der Waals surface area contributed by atoms with E-state index in [9.17, 15) is 18.0 Å². The van der Waals surface area contributed by atoms with Crippen LogP contribution >= 0.6 is 0 Å². The van der Waals surface area contributed by atoms with E-state index in [1.807, 2.05) is 0 Å². The number of aromatic nitrogens is 1. The minimum atomic E-state index is -2.68. The van der Waals surface area contributed by atoms with Gasteiger partial charge in [-0.15, -0.1) is 0 Å². The second kappa shape index (κ2) is 6.19. The van der Waals surface area contributed by atoms with Crippen LogP contribution in [0.2, 0.25) is 0 Å². The van der Waals surface area contributed by atoms with Gasteiger partial charge < -0.3 is 10.6 Å². The number of halogens is 3. The highest BCUT2D eigenvalue weighted by molar-refractivity contribution is 5.94. The number of rotatable bonds is 5. The number of hydrogen-bond donors (Lipinski definition) is 1. The van der Waals surface area contributed by atoms with Gasteiger partial charge in [0.1, 0.15) is 0 Å². The third kappa shape index (κ3) is 3.70. The van der Waals surface area contributed by atoms with Crippen molar-refractivity contribution < 1.29 is 18.0 Å². The van der Waals surface area contributed by atoms with Crippen molar-refractivity contribution in [2.45, 2.75) is 6.43 Å². The predicted octanol–water partition coefficient (Wildman–Crippen LogP) is 0.887. The summed E-state index contributed by atoms with van der Waals surface area (Å²) in [5.74, 6) is -1.65. The van der Waals surface area contributed by atoms with Crippen LogP contribution in [0.4, 0.5) is 13.2 Å². The van der Waals surface area contributed by atoms with Gasteiger partial charge in [0.15, 0.2) is 5.82 Å². The zero-order valence-corrected chi connectivity index (χ0v) is 8.94. The zero-order valence-electron chi connectivity index (χ0n) is 8.94. The quantitative estimate of drug-likeness (QED) is 0.840. The average Bonchev–Trinajstić information content (AvgIpc) is 2.28. The summed E-state index contributed by atoms with van der Waals surface area (Å²) < 4.78 is 37.7. The molecule has 4 nitrogen and oxygen atoms in total. The highest BCUT2D eigenvalue weighted by Crippen LogP contribution is 2.10. The Morgan fingerprint density at radius 3 is 2.76 bits per heavy atom. The maximum absolute atomic E-state index is 13.2. The molecule has 1 aromatic heterocycles. The lowest BCUT2D eigenvalue weighted by Crippen LogP contribution is -2.39. The Morgan fingerprint density at radius 1 is 1.53 bits per heavy atom. The fourth-order valence-electron chi connectivity index (χ4n) is 1.32. The lowest BCUT2D eigenvalue weighted by molar-refractivity contribution is 0.0558. The van der Waals surface area contributed by atoms with Gasteiger partial charge in [0, 0.05) is 19.3 Å². The van der Waals surface area contributed by atoms with Crippen LogP contribution in [0, 0.1) is 5.82 Å². The number of pyridine rings is 1. The van der Waals surface area contributed by atoms with Crippen molar-refractivity contribution >= 4 is 5.91 Å². The Labute approximate surface area is 96.2 Å². The van der Waals surface area contributed by atoms with Crippen molar-refractivity contribution in [3.8, 4) is 0 Å². The summed E-state index contributed by atoms with van der Waals surface area (Å²) in [6, 6.07) is 1.15. The number of nitrogens with zero attached hydrogens (tertiary/aromatic N) is 2. The standard InChI is InChI=1S/C10H12F3N3O/c11-8-5-15-3-1-7(8)10(17)16(4-2-14)6-9(12)13/h1,3,5,9H,2,4,6,14H2. The molecule has 1 rings (SSSR count). The van der Waals surface area contributed by atoms with Gasteiger partial charge in [0.05, 0.1) is 18.3 Å². The van der Waals surface area contributed by atoms with E-state index in [-0.39, 0.29) is 18.7 Å². The Morgan fingerprint density at radius 2 is 2.24 bits per heavy atom. The third-order valence-corrected chi connectivity index (χ3v) is 2.05. The second-order valence-corrected chi connectivity index (χ2v) is 3.29. The number of amides is 1. The molecule has 94 valence electrons. The Balaban J connectivity index is 2.88. The molecule has 0 radical (unpaired) electrons. The summed E-state index contributed by atoms with van der Waals surface area (Å²) in [5.41, 5.74) is 4.93. The van der Waals surface area contributed by atoms with Crippen molar-refractivity contribution in [2.24, 2.45) is 5.73 Å². The van der Waals surface area contributed by atoms with Gasteiger partial charge in [0.25, 0.3) is 12.3 Å². The molecule has 17 heavy (non-hydrogen) atoms. The first-order valence-corrected chi connectivity index (χ1v) is 4.93. The molecule has 0 spiro atoms. The van der Waals surface area contributed by atoms with E-state index in [4.69, 9.17) is 5.73 Å². The topological polar surface area (TPSA) is 59.2 Å². The molecule has 1 amide bonds. The van der Waals surface area contributed by atoms with Gasteiger partial charge in [-0.3, -0.25) is 9.78 Å². The van der Waals surface area contributed by atoms with Crippen molar-refractivity contribution in [3.63, 3.8) is 0 Å². The van der Waals surface area contributed by atoms with Crippen LogP contribution in [0.1, 0.15) is 10.4 Å². The molecule has 0 bridgehead atoms. The van der Waals surface area contributed by atoms with Crippen molar-refractivity contribution in [2.75, 3.05) is 19.6 Å². The molecular weight excluding hydrogens is 235 g/mol. The van der Waals surface area contributed by atoms with Gasteiger partial charge in [-0.25, -0.2) is 13.2 Å². The predicted molar refractivity (Wildman–Crippen MR) is 55.2 cm³/mol. The number of alkyl halides is 2. The smallest absolute Gasteiger partial charge is 0.257 e. The number of nitrogens with two attached hydrogens (primary N) is 1. The van der Waals surface area contributed by atoms with Crippen LogP contribution in [0.25, 0.3) is 0 Å². The normalized spacial score (nSPS) is 10.6. The van der Waals surface area contributed by atoms with Gasteiger partial charge in [-0.2, -0.15) is 0 Å². The van der Waals surface area contributed by atoms with Crippen LogP contribution in [0.3, 0.4) is 0 Å². The van der Waals surface area contributed by atoms with E-state index >= 15 is 0 Å². The molecule has 1 heterocycles. The molecule has 2 N–H and O–H groups in total. The lowest BCUT2D eigenvalue weighted by atomic mass is 10.2. The van der Waals surface area contributed by atoms with Crippen LogP contribution in [-0.4, -0.2) is 41.9 Å². The van der Waals surface area contributed by atoms with Crippen LogP contribution < -0.4 is 5.73 Å². The molecule has 0 aromatic carbocycles. The van der Waals surface area contributed by atoms with Gasteiger partial charge in [-0.1, -0.05) is 0 Å². The second-order valence-electron chi connectivity index (χ2n) is 3.29. The maximum atomic E-state index is 13.2. The fraction of sp³-hybridized carbons (Fsp3) is 0.400. The third-order valence-electron chi connectivity index (χ3n) is 2.05. The molecule has 0 fully saturated rings. The summed E-state index contributed by atoms with van der Waals surface area (Å²) in [4.78, 5) is 16.1. The highest BCUT2D eigenvalue weighted by Gasteiger charge is 2.21. The van der Waals surface area contributed by atoms with Crippen molar-refractivity contribution in [3.05, 3.63) is 29.8 Å². The Hall–Kier alpha value is -1.63. The van der Waals surface area contributed by atoms with Crippen LogP contribution in [-0.2, 0) is 0 Å². The highest BCUT2D eigenvalue weighted by atomic mass is 19.3. The fourth-order valence-corrected chi connectivity index (χ4v) is 1.32. The van der Waals surface area contributed by atoms with Gasteiger partial charge in [0.2, 0.25) is 0 Å². The minimum absolute atomic E-state index is 0.0329. The molecule has 1 aromatic rings. The lowest BCUT2D eigenvalue weighted by Gasteiger charge is -2.21. The van der Waals surface area contributed by atoms with Gasteiger partial charge in [-0.05, 0) is 6.07 Å². The van der Waals surface area contributed by atoms with E-state index in [0.29, 0.717) is 0 Å². The number of hydrogen-bond acceptors (Lipinski definition) is 3. The Kier molecular flexibility index (Phi) is 4.89. The molecule has 0 aliphatic rings. The summed E-state index contributed by atoms with van der Waals surface area (Å²) in [5, 5.41) is 0. The number of carbonyl (C=O) groups excluding carboxylic acids is 1. The summed E-state index contributed by atoms with van der Waals surface area (Å²) in [6.45, 7) is -0.784. The molecular formula is C10H12F3N3O. The molecule has 0 atom stereocenters. The largest absolute Gasteiger partial charge is 0.332 e. The SMILES string of the molecule is NCCN(CC(F)F)C(=O)c1ccncc1F. The van der Waals surface area contributed by atoms with E-state index in [2.05, 4.69) is 4.98 Å². The first-order chi connectivity index (χ1) is 8.06. The van der Waals surface area contributed by atoms with E-state index < -0.39 is 24.7 Å². The van der Waals surface area contributed by atoms with Crippen molar-refractivity contribution in [1.29, 1.82) is 0 Å². The molecule has 0 saturated carbocycles. The summed E-state index contributed by atoms with van der Waals surface area (Å²) in [7, 11) is 0. The van der Waals surface area contributed by atoms with Crippen LogP contribution in [0.15, 0.2) is 18.5 Å². The van der Waals surface area contributed by atoms with E-state index in [1.165, 1.54) is 6.20 Å². The zero-order chi connectivity index (χ0) is 12.8.